The fourth-order valence-electron chi connectivity index (χ4n) is 3.16. The van der Waals surface area contributed by atoms with Crippen LogP contribution in [0, 0.1) is 0 Å². The van der Waals surface area contributed by atoms with E-state index in [-0.39, 0.29) is 19.1 Å². The van der Waals surface area contributed by atoms with Crippen molar-refractivity contribution in [3.63, 3.8) is 0 Å². The highest BCUT2D eigenvalue weighted by atomic mass is 16.6. The van der Waals surface area contributed by atoms with Crippen molar-refractivity contribution in [2.75, 3.05) is 19.8 Å². The van der Waals surface area contributed by atoms with E-state index in [1.54, 1.807) is 23.1 Å². The molecule has 0 saturated carbocycles. The molecule has 2 aromatic rings. The highest BCUT2D eigenvalue weighted by Gasteiger charge is 2.30. The highest BCUT2D eigenvalue weighted by molar-refractivity contribution is 5.82. The molecule has 1 atom stereocenters. The molecule has 4 rings (SSSR count). The maximum atomic E-state index is 12.4. The zero-order valence-corrected chi connectivity index (χ0v) is 14.2. The molecule has 1 amide bonds. The van der Waals surface area contributed by atoms with Gasteiger partial charge < -0.3 is 19.1 Å². The van der Waals surface area contributed by atoms with Crippen LogP contribution >= 0.6 is 0 Å². The van der Waals surface area contributed by atoms with E-state index in [0.717, 1.165) is 12.0 Å². The lowest BCUT2D eigenvalue weighted by atomic mass is 10.00. The van der Waals surface area contributed by atoms with Crippen LogP contribution in [0.3, 0.4) is 0 Å². The Labute approximate surface area is 151 Å². The minimum absolute atomic E-state index is 0.0706. The minimum Gasteiger partial charge on any atom is -0.485 e. The Kier molecular flexibility index (Phi) is 4.48. The number of amides is 1. The van der Waals surface area contributed by atoms with Gasteiger partial charge in [0.05, 0.1) is 0 Å². The number of benzene rings is 2. The van der Waals surface area contributed by atoms with E-state index in [9.17, 15) is 9.59 Å². The maximum Gasteiger partial charge on any atom is 0.351 e. The Morgan fingerprint density at radius 2 is 1.77 bits per heavy atom. The number of hydrogen-bond acceptors (Lipinski definition) is 5. The summed E-state index contributed by atoms with van der Waals surface area (Å²) in [5, 5.41) is 0. The molecule has 1 unspecified atom stereocenters. The predicted molar refractivity (Wildman–Crippen MR) is 92.9 cm³/mol. The van der Waals surface area contributed by atoms with Gasteiger partial charge in [0.25, 0.3) is 5.91 Å². The van der Waals surface area contributed by atoms with E-state index in [2.05, 4.69) is 6.07 Å². The van der Waals surface area contributed by atoms with Crippen LogP contribution in [0.25, 0.3) is 0 Å². The summed E-state index contributed by atoms with van der Waals surface area (Å²) in [7, 11) is 0. The predicted octanol–water partition coefficient (Wildman–Crippen LogP) is 1.95. The molecule has 0 N–H and O–H groups in total. The van der Waals surface area contributed by atoms with Crippen molar-refractivity contribution in [2.24, 2.45) is 0 Å². The topological polar surface area (TPSA) is 65.1 Å². The van der Waals surface area contributed by atoms with Gasteiger partial charge in [-0.25, -0.2) is 4.79 Å². The Morgan fingerprint density at radius 1 is 1.04 bits per heavy atom. The molecule has 134 valence electrons. The SMILES string of the molecule is O=C(OCC(=O)N1CCc2ccccc2C1)C1COc2ccccc2O1. The minimum atomic E-state index is -0.861. The third-order valence-corrected chi connectivity index (χ3v) is 4.59. The quantitative estimate of drug-likeness (QED) is 0.789. The molecule has 0 aliphatic carbocycles. The van der Waals surface area contributed by atoms with Crippen molar-refractivity contribution in [2.45, 2.75) is 19.1 Å². The molecule has 2 aliphatic heterocycles. The molecule has 6 nitrogen and oxygen atoms in total. The van der Waals surface area contributed by atoms with Gasteiger partial charge in [-0.15, -0.1) is 0 Å². The molecule has 6 heteroatoms. The van der Waals surface area contributed by atoms with Crippen LogP contribution in [0.15, 0.2) is 48.5 Å². The average molecular weight is 353 g/mol. The fraction of sp³-hybridized carbons (Fsp3) is 0.300. The zero-order valence-electron chi connectivity index (χ0n) is 14.2. The van der Waals surface area contributed by atoms with E-state index in [1.807, 2.05) is 24.3 Å². The molecule has 2 aliphatic rings. The van der Waals surface area contributed by atoms with E-state index in [4.69, 9.17) is 14.2 Å². The normalized spacial score (nSPS) is 18.0. The molecule has 26 heavy (non-hydrogen) atoms. The Hall–Kier alpha value is -3.02. The van der Waals surface area contributed by atoms with Crippen molar-refractivity contribution in [3.8, 4) is 11.5 Å². The number of carbonyl (C=O) groups is 2. The van der Waals surface area contributed by atoms with Gasteiger partial charge in [-0.2, -0.15) is 0 Å². The molecular weight excluding hydrogens is 334 g/mol. The number of carbonyl (C=O) groups excluding carboxylic acids is 2. The van der Waals surface area contributed by atoms with Crippen LogP contribution in [0.1, 0.15) is 11.1 Å². The van der Waals surface area contributed by atoms with Crippen molar-refractivity contribution in [1.82, 2.24) is 4.90 Å². The summed E-state index contributed by atoms with van der Waals surface area (Å²) in [6.45, 7) is 0.955. The van der Waals surface area contributed by atoms with Crippen molar-refractivity contribution in [3.05, 3.63) is 59.7 Å². The summed E-state index contributed by atoms with van der Waals surface area (Å²) < 4.78 is 16.3. The maximum absolute atomic E-state index is 12.4. The van der Waals surface area contributed by atoms with Crippen LogP contribution < -0.4 is 9.47 Å². The lowest BCUT2D eigenvalue weighted by molar-refractivity contribution is -0.160. The van der Waals surface area contributed by atoms with Gasteiger partial charge in [-0.1, -0.05) is 36.4 Å². The number of fused-ring (bicyclic) bond motifs is 2. The Balaban J connectivity index is 1.30. The van der Waals surface area contributed by atoms with E-state index in [0.29, 0.717) is 24.6 Å². The number of rotatable bonds is 3. The van der Waals surface area contributed by atoms with Gasteiger partial charge in [0, 0.05) is 13.1 Å². The van der Waals surface area contributed by atoms with E-state index >= 15 is 0 Å². The van der Waals surface area contributed by atoms with Crippen LogP contribution in [0.2, 0.25) is 0 Å². The second-order valence-corrected chi connectivity index (χ2v) is 6.31. The summed E-state index contributed by atoms with van der Waals surface area (Å²) in [4.78, 5) is 26.3. The molecule has 0 bridgehead atoms. The molecule has 0 radical (unpaired) electrons. The first-order valence-electron chi connectivity index (χ1n) is 8.60. The molecule has 0 saturated heterocycles. The van der Waals surface area contributed by atoms with Gasteiger partial charge in [-0.05, 0) is 29.7 Å². The monoisotopic (exact) mass is 353 g/mol. The number of hydrogen-bond donors (Lipinski definition) is 0. The lowest BCUT2D eigenvalue weighted by Crippen LogP contribution is -2.42. The molecule has 2 aromatic carbocycles. The zero-order chi connectivity index (χ0) is 17.9. The van der Waals surface area contributed by atoms with Gasteiger partial charge in [0.2, 0.25) is 6.10 Å². The summed E-state index contributed by atoms with van der Waals surface area (Å²) in [6, 6.07) is 15.2. The highest BCUT2D eigenvalue weighted by Crippen LogP contribution is 2.31. The fourth-order valence-corrected chi connectivity index (χ4v) is 3.16. The number of esters is 1. The number of ether oxygens (including phenoxy) is 3. The number of para-hydroxylation sites is 2. The molecule has 0 spiro atoms. The van der Waals surface area contributed by atoms with Gasteiger partial charge in [0.1, 0.15) is 6.61 Å². The third-order valence-electron chi connectivity index (χ3n) is 4.59. The summed E-state index contributed by atoms with van der Waals surface area (Å²) in [5.41, 5.74) is 2.40. The largest absolute Gasteiger partial charge is 0.485 e. The summed E-state index contributed by atoms with van der Waals surface area (Å²) in [6.07, 6.45) is -0.0496. The second kappa shape index (κ2) is 7.07. The van der Waals surface area contributed by atoms with Crippen LogP contribution in [-0.4, -0.2) is 42.6 Å². The van der Waals surface area contributed by atoms with E-state index in [1.165, 1.54) is 5.56 Å². The summed E-state index contributed by atoms with van der Waals surface area (Å²) in [5.74, 6) is 0.300. The van der Waals surface area contributed by atoms with E-state index < -0.39 is 12.1 Å². The first kappa shape index (κ1) is 16.4. The van der Waals surface area contributed by atoms with Gasteiger partial charge in [-0.3, -0.25) is 4.79 Å². The van der Waals surface area contributed by atoms with Crippen molar-refractivity contribution < 1.29 is 23.8 Å². The molecule has 2 heterocycles. The van der Waals surface area contributed by atoms with Gasteiger partial charge in [0.15, 0.2) is 18.1 Å². The number of nitrogens with zero attached hydrogens (tertiary/aromatic N) is 1. The summed E-state index contributed by atoms with van der Waals surface area (Å²) >= 11 is 0. The third kappa shape index (κ3) is 3.35. The average Bonchev–Trinajstić information content (AvgIpc) is 2.71. The Morgan fingerprint density at radius 3 is 2.62 bits per heavy atom. The first-order chi connectivity index (χ1) is 12.7. The van der Waals surface area contributed by atoms with Crippen LogP contribution in [-0.2, 0) is 27.3 Å². The second-order valence-electron chi connectivity index (χ2n) is 6.31. The molecule has 0 aromatic heterocycles. The van der Waals surface area contributed by atoms with Crippen LogP contribution in [0.4, 0.5) is 0 Å². The first-order valence-corrected chi connectivity index (χ1v) is 8.60. The van der Waals surface area contributed by atoms with Crippen molar-refractivity contribution >= 4 is 11.9 Å². The standard InChI is InChI=1S/C20H19NO5/c22-19(21-10-9-14-5-1-2-6-15(14)11-21)13-25-20(23)18-12-24-16-7-3-4-8-17(16)26-18/h1-8,18H,9-13H2. The van der Waals surface area contributed by atoms with Crippen molar-refractivity contribution in [1.29, 1.82) is 0 Å². The molecular formula is C20H19NO5. The lowest BCUT2D eigenvalue weighted by Gasteiger charge is -2.29. The Bertz CT molecular complexity index is 765. The van der Waals surface area contributed by atoms with Gasteiger partial charge >= 0.3 is 5.97 Å². The smallest absolute Gasteiger partial charge is 0.351 e. The van der Waals surface area contributed by atoms with Crippen LogP contribution in [0.5, 0.6) is 11.5 Å². The molecule has 0 fully saturated rings.